The fourth-order valence-electron chi connectivity index (χ4n) is 1.72. The molecule has 1 aliphatic heterocycles. The third-order valence-corrected chi connectivity index (χ3v) is 2.60. The van der Waals surface area contributed by atoms with Crippen LogP contribution in [-0.2, 0) is 14.3 Å². The van der Waals surface area contributed by atoms with Crippen molar-refractivity contribution in [1.82, 2.24) is 0 Å². The zero-order chi connectivity index (χ0) is 13.0. The van der Waals surface area contributed by atoms with E-state index in [2.05, 4.69) is 4.74 Å². The summed E-state index contributed by atoms with van der Waals surface area (Å²) in [7, 11) is 0. The zero-order valence-corrected chi connectivity index (χ0v) is 10.1. The molecule has 1 aliphatic rings. The fourth-order valence-corrected chi connectivity index (χ4v) is 1.72. The SMILES string of the molecule is CCOc1ccc(/C=C2\CCC(=O)OC2=O)cc1. The average Bonchev–Trinajstić information content (AvgIpc) is 2.35. The van der Waals surface area contributed by atoms with Crippen LogP contribution in [0.3, 0.4) is 0 Å². The first kappa shape index (κ1) is 12.4. The van der Waals surface area contributed by atoms with Crippen LogP contribution in [0.4, 0.5) is 0 Å². The van der Waals surface area contributed by atoms with E-state index in [4.69, 9.17) is 4.74 Å². The molecule has 1 heterocycles. The molecule has 4 nitrogen and oxygen atoms in total. The fraction of sp³-hybridized carbons (Fsp3) is 0.286. The molecule has 0 radical (unpaired) electrons. The van der Waals surface area contributed by atoms with Crippen LogP contribution >= 0.6 is 0 Å². The highest BCUT2D eigenvalue weighted by Gasteiger charge is 2.22. The maximum Gasteiger partial charge on any atom is 0.341 e. The van der Waals surface area contributed by atoms with Gasteiger partial charge in [0.1, 0.15) is 5.75 Å². The molecule has 0 atom stereocenters. The summed E-state index contributed by atoms with van der Waals surface area (Å²) in [6, 6.07) is 7.41. The lowest BCUT2D eigenvalue weighted by atomic mass is 10.0. The number of carbonyl (C=O) groups excluding carboxylic acids is 2. The van der Waals surface area contributed by atoms with Gasteiger partial charge < -0.3 is 9.47 Å². The van der Waals surface area contributed by atoms with Crippen LogP contribution in [0.1, 0.15) is 25.3 Å². The molecule has 2 rings (SSSR count). The van der Waals surface area contributed by atoms with Crippen LogP contribution in [0.2, 0.25) is 0 Å². The first-order valence-corrected chi connectivity index (χ1v) is 5.87. The van der Waals surface area contributed by atoms with Gasteiger partial charge in [0.25, 0.3) is 0 Å². The summed E-state index contributed by atoms with van der Waals surface area (Å²) in [6.45, 7) is 2.54. The second kappa shape index (κ2) is 5.49. The summed E-state index contributed by atoms with van der Waals surface area (Å²) in [5, 5.41) is 0. The molecular weight excluding hydrogens is 232 g/mol. The van der Waals surface area contributed by atoms with Crippen LogP contribution in [0, 0.1) is 0 Å². The van der Waals surface area contributed by atoms with Gasteiger partial charge in [0.05, 0.1) is 13.0 Å². The van der Waals surface area contributed by atoms with E-state index in [-0.39, 0.29) is 6.42 Å². The highest BCUT2D eigenvalue weighted by molar-refractivity contribution is 6.02. The molecule has 18 heavy (non-hydrogen) atoms. The molecule has 1 fully saturated rings. The van der Waals surface area contributed by atoms with E-state index in [9.17, 15) is 9.59 Å². The largest absolute Gasteiger partial charge is 0.494 e. The van der Waals surface area contributed by atoms with Gasteiger partial charge >= 0.3 is 11.9 Å². The number of benzene rings is 1. The molecule has 0 aromatic heterocycles. The lowest BCUT2D eigenvalue weighted by Crippen LogP contribution is -2.20. The highest BCUT2D eigenvalue weighted by atomic mass is 16.6. The molecule has 1 aromatic carbocycles. The van der Waals surface area contributed by atoms with Gasteiger partial charge in [-0.05, 0) is 37.1 Å². The molecule has 4 heteroatoms. The second-order valence-electron chi connectivity index (χ2n) is 3.93. The molecular formula is C14H14O4. The van der Waals surface area contributed by atoms with Crippen molar-refractivity contribution in [3.05, 3.63) is 35.4 Å². The Morgan fingerprint density at radius 1 is 1.22 bits per heavy atom. The monoisotopic (exact) mass is 246 g/mol. The Labute approximate surface area is 105 Å². The topological polar surface area (TPSA) is 52.6 Å². The minimum absolute atomic E-state index is 0.259. The molecule has 1 aromatic rings. The van der Waals surface area contributed by atoms with Crippen LogP contribution in [0.15, 0.2) is 29.8 Å². The maximum absolute atomic E-state index is 11.4. The van der Waals surface area contributed by atoms with Gasteiger partial charge in [-0.15, -0.1) is 0 Å². The lowest BCUT2D eigenvalue weighted by molar-refractivity contribution is -0.159. The Morgan fingerprint density at radius 3 is 2.56 bits per heavy atom. The molecule has 0 saturated carbocycles. The number of hydrogen-bond acceptors (Lipinski definition) is 4. The van der Waals surface area contributed by atoms with E-state index < -0.39 is 11.9 Å². The minimum Gasteiger partial charge on any atom is -0.494 e. The van der Waals surface area contributed by atoms with Crippen LogP contribution in [0.25, 0.3) is 6.08 Å². The van der Waals surface area contributed by atoms with Gasteiger partial charge in [0.2, 0.25) is 0 Å². The first-order chi connectivity index (χ1) is 8.69. The molecule has 1 saturated heterocycles. The number of cyclic esters (lactones) is 2. The van der Waals surface area contributed by atoms with Gasteiger partial charge in [-0.1, -0.05) is 12.1 Å². The average molecular weight is 246 g/mol. The quantitative estimate of drug-likeness (QED) is 0.466. The summed E-state index contributed by atoms with van der Waals surface area (Å²) in [4.78, 5) is 22.3. The number of esters is 2. The molecule has 94 valence electrons. The van der Waals surface area contributed by atoms with Crippen molar-refractivity contribution in [2.75, 3.05) is 6.61 Å². The predicted octanol–water partition coefficient (Wildman–Crippen LogP) is 2.33. The van der Waals surface area contributed by atoms with Crippen molar-refractivity contribution in [2.24, 2.45) is 0 Å². The first-order valence-electron chi connectivity index (χ1n) is 5.87. The van der Waals surface area contributed by atoms with Gasteiger partial charge in [-0.25, -0.2) is 4.79 Å². The minimum atomic E-state index is -0.542. The van der Waals surface area contributed by atoms with Gasteiger partial charge in [0.15, 0.2) is 0 Å². The predicted molar refractivity (Wildman–Crippen MR) is 65.9 cm³/mol. The normalized spacial score (nSPS) is 17.7. The van der Waals surface area contributed by atoms with Crippen molar-refractivity contribution in [1.29, 1.82) is 0 Å². The molecule has 0 N–H and O–H groups in total. The van der Waals surface area contributed by atoms with Crippen molar-refractivity contribution >= 4 is 18.0 Å². The standard InChI is InChI=1S/C14H14O4/c1-2-17-12-6-3-10(4-7-12)9-11-5-8-13(15)18-14(11)16/h3-4,6-7,9H,2,5,8H2,1H3/b11-9+. The van der Waals surface area contributed by atoms with E-state index >= 15 is 0 Å². The second-order valence-corrected chi connectivity index (χ2v) is 3.93. The van der Waals surface area contributed by atoms with Gasteiger partial charge in [0, 0.05) is 5.57 Å². The number of ether oxygens (including phenoxy) is 2. The van der Waals surface area contributed by atoms with Gasteiger partial charge in [-0.3, -0.25) is 4.79 Å². The van der Waals surface area contributed by atoms with Crippen molar-refractivity contribution < 1.29 is 19.1 Å². The van der Waals surface area contributed by atoms with E-state index in [1.807, 2.05) is 31.2 Å². The highest BCUT2D eigenvalue weighted by Crippen LogP contribution is 2.20. The van der Waals surface area contributed by atoms with Crippen molar-refractivity contribution in [2.45, 2.75) is 19.8 Å². The summed E-state index contributed by atoms with van der Waals surface area (Å²) in [6.07, 6.45) is 2.43. The molecule has 0 unspecified atom stereocenters. The Kier molecular flexibility index (Phi) is 3.77. The third-order valence-electron chi connectivity index (χ3n) is 2.60. The Morgan fingerprint density at radius 2 is 1.94 bits per heavy atom. The van der Waals surface area contributed by atoms with Crippen molar-refractivity contribution in [3.63, 3.8) is 0 Å². The number of hydrogen-bond donors (Lipinski definition) is 0. The number of carbonyl (C=O) groups is 2. The summed E-state index contributed by atoms with van der Waals surface area (Å²) in [5.74, 6) is -0.204. The Bertz CT molecular complexity index is 485. The molecule has 0 aliphatic carbocycles. The van der Waals surface area contributed by atoms with Gasteiger partial charge in [-0.2, -0.15) is 0 Å². The Balaban J connectivity index is 2.12. The zero-order valence-electron chi connectivity index (χ0n) is 10.1. The molecule has 0 amide bonds. The van der Waals surface area contributed by atoms with E-state index in [0.29, 0.717) is 18.6 Å². The van der Waals surface area contributed by atoms with Crippen LogP contribution < -0.4 is 4.74 Å². The van der Waals surface area contributed by atoms with Crippen molar-refractivity contribution in [3.8, 4) is 5.75 Å². The summed E-state index contributed by atoms with van der Waals surface area (Å²) < 4.78 is 9.89. The number of rotatable bonds is 3. The van der Waals surface area contributed by atoms with E-state index in [1.54, 1.807) is 6.08 Å². The van der Waals surface area contributed by atoms with Crippen LogP contribution in [-0.4, -0.2) is 18.5 Å². The van der Waals surface area contributed by atoms with Crippen LogP contribution in [0.5, 0.6) is 5.75 Å². The Hall–Kier alpha value is -2.10. The summed E-state index contributed by atoms with van der Waals surface area (Å²) >= 11 is 0. The lowest BCUT2D eigenvalue weighted by Gasteiger charge is -2.12. The maximum atomic E-state index is 11.4. The van der Waals surface area contributed by atoms with E-state index in [0.717, 1.165) is 11.3 Å². The smallest absolute Gasteiger partial charge is 0.341 e. The molecule has 0 bridgehead atoms. The third kappa shape index (κ3) is 2.97. The molecule has 0 spiro atoms. The van der Waals surface area contributed by atoms with E-state index in [1.165, 1.54) is 0 Å². The summed E-state index contributed by atoms with van der Waals surface area (Å²) in [5.41, 5.74) is 1.42.